The van der Waals surface area contributed by atoms with Crippen LogP contribution in [0.15, 0.2) is 36.4 Å². The summed E-state index contributed by atoms with van der Waals surface area (Å²) in [7, 11) is 10.6. The first kappa shape index (κ1) is 23.5. The van der Waals surface area contributed by atoms with Crippen LogP contribution in [0.3, 0.4) is 0 Å². The Kier molecular flexibility index (Phi) is 12.3. The van der Waals surface area contributed by atoms with Crippen LogP contribution in [0, 0.1) is 23.8 Å². The van der Waals surface area contributed by atoms with Crippen molar-refractivity contribution in [3.8, 4) is 0 Å². The summed E-state index contributed by atoms with van der Waals surface area (Å²) < 4.78 is 25.7. The van der Waals surface area contributed by atoms with Crippen molar-refractivity contribution in [1.29, 1.82) is 0 Å². The molecule has 0 amide bonds. The number of fused-ring (bicyclic) bond motifs is 2. The van der Waals surface area contributed by atoms with Gasteiger partial charge >= 0.3 is 37.9 Å². The van der Waals surface area contributed by atoms with Crippen molar-refractivity contribution in [2.24, 2.45) is 0 Å². The fourth-order valence-electron chi connectivity index (χ4n) is 2.34. The van der Waals surface area contributed by atoms with E-state index in [1.807, 2.05) is 24.3 Å². The van der Waals surface area contributed by atoms with Crippen molar-refractivity contribution < 1.29 is 29.6 Å². The Morgan fingerprint density at radius 1 is 0.885 bits per heavy atom. The maximum atomic E-state index is 12.8. The van der Waals surface area contributed by atoms with Crippen LogP contribution in [0.1, 0.15) is 22.3 Å². The minimum atomic E-state index is -0.826. The van der Waals surface area contributed by atoms with Gasteiger partial charge in [-0.2, -0.15) is 0 Å². The van der Waals surface area contributed by atoms with Gasteiger partial charge in [0.05, 0.1) is 0 Å². The van der Waals surface area contributed by atoms with Crippen molar-refractivity contribution in [3.63, 3.8) is 0 Å². The zero-order valence-electron chi connectivity index (χ0n) is 14.6. The predicted octanol–water partition coefficient (Wildman–Crippen LogP) is 6.29. The molecule has 0 bridgehead atoms. The summed E-state index contributed by atoms with van der Waals surface area (Å²) in [4.78, 5) is 0. The van der Waals surface area contributed by atoms with Crippen molar-refractivity contribution >= 4 is 38.7 Å². The first-order valence-corrected chi connectivity index (χ1v) is 16.6. The number of benzene rings is 2. The van der Waals surface area contributed by atoms with Crippen LogP contribution >= 0.6 is 17.0 Å². The van der Waals surface area contributed by atoms with Crippen LogP contribution in [0.5, 0.6) is 0 Å². The molecule has 2 aliphatic rings. The molecule has 0 saturated carbocycles. The Morgan fingerprint density at radius 3 is 1.54 bits per heavy atom. The van der Waals surface area contributed by atoms with Gasteiger partial charge in [-0.15, -0.1) is 71.8 Å². The summed E-state index contributed by atoms with van der Waals surface area (Å²) in [6.07, 6.45) is 9.14. The van der Waals surface area contributed by atoms with E-state index >= 15 is 0 Å². The number of allylic oxidation sites excluding steroid dienone is 2. The van der Waals surface area contributed by atoms with E-state index in [4.69, 9.17) is 17.0 Å². The molecule has 0 spiro atoms. The van der Waals surface area contributed by atoms with Crippen LogP contribution in [0.4, 0.5) is 8.78 Å². The molecule has 0 aromatic heterocycles. The van der Waals surface area contributed by atoms with Crippen LogP contribution in [0.25, 0.3) is 12.2 Å². The first-order valence-electron chi connectivity index (χ1n) is 8.00. The van der Waals surface area contributed by atoms with E-state index in [0.717, 1.165) is 44.6 Å². The average Bonchev–Trinajstić information content (AvgIpc) is 3.27. The van der Waals surface area contributed by atoms with Crippen molar-refractivity contribution in [2.45, 2.75) is 25.9 Å². The number of hydrogen-bond acceptors (Lipinski definition) is 0. The molecular formula is C20H19Cl2F2SiZr. The fraction of sp³-hybridized carbons (Fsp3) is 0.200. The third kappa shape index (κ3) is 7.60. The standard InChI is InChI=1S/2C9H6F.C2H7Si.2ClH.Zr/c2*10-9-6-2-4-7-3-1-5-8(7)9;1-3-2;;;/h2*1-3,6H,5H2;3H,1-2H3;2*1H;/q2*-1;;;;+4/p-2. The third-order valence-electron chi connectivity index (χ3n) is 3.38. The van der Waals surface area contributed by atoms with E-state index in [9.17, 15) is 8.78 Å². The van der Waals surface area contributed by atoms with Gasteiger partial charge in [0.1, 0.15) is 0 Å². The maximum absolute atomic E-state index is 12.8. The summed E-state index contributed by atoms with van der Waals surface area (Å²) in [6, 6.07) is 12.1. The molecule has 0 saturated heterocycles. The molecule has 2 aromatic rings. The molecule has 2 aromatic carbocycles. The molecule has 0 atom stereocenters. The molecule has 4 rings (SSSR count). The Hall–Kier alpha value is -0.540. The Balaban J connectivity index is 0.000000201. The second kappa shape index (κ2) is 13.6. The molecule has 0 nitrogen and oxygen atoms in total. The summed E-state index contributed by atoms with van der Waals surface area (Å²) >= 11 is -0.826. The Labute approximate surface area is 175 Å². The van der Waals surface area contributed by atoms with E-state index < -0.39 is 20.8 Å². The second-order valence-electron chi connectivity index (χ2n) is 5.30. The predicted molar refractivity (Wildman–Crippen MR) is 107 cm³/mol. The van der Waals surface area contributed by atoms with Gasteiger partial charge in [0.25, 0.3) is 0 Å². The molecular weight excluding hydrogens is 468 g/mol. The summed E-state index contributed by atoms with van der Waals surface area (Å²) in [6.45, 7) is 4.42. The van der Waals surface area contributed by atoms with Gasteiger partial charge in [0, 0.05) is 21.2 Å². The molecule has 0 unspecified atom stereocenters. The number of hydrogen-bond donors (Lipinski definition) is 0. The normalized spacial score (nSPS) is 11.6. The molecule has 2 aliphatic carbocycles. The SMILES string of the molecule is C[SiH]C.Fc1cc[c-]c2c1CC=C2.Fc1cc[c-]c2c1CC=C2.[Cl][Zr+2][Cl]. The zero-order valence-corrected chi connectivity index (χ0v) is 19.7. The molecule has 0 aliphatic heterocycles. The van der Waals surface area contributed by atoms with E-state index in [1.54, 1.807) is 12.1 Å². The molecule has 6 heteroatoms. The Morgan fingerprint density at radius 2 is 1.23 bits per heavy atom. The Bertz CT molecular complexity index is 685. The summed E-state index contributed by atoms with van der Waals surface area (Å²) in [5.41, 5.74) is 3.37. The first-order chi connectivity index (χ1) is 12.6. The molecule has 1 radical (unpaired) electrons. The zero-order chi connectivity index (χ0) is 19.4. The molecule has 135 valence electrons. The van der Waals surface area contributed by atoms with Crippen molar-refractivity contribution in [3.05, 3.63) is 82.4 Å². The monoisotopic (exact) mass is 485 g/mol. The average molecular weight is 488 g/mol. The summed E-state index contributed by atoms with van der Waals surface area (Å²) in [5, 5.41) is 0. The van der Waals surface area contributed by atoms with Crippen molar-refractivity contribution in [1.82, 2.24) is 0 Å². The van der Waals surface area contributed by atoms with E-state index in [1.165, 1.54) is 12.1 Å². The van der Waals surface area contributed by atoms with E-state index in [-0.39, 0.29) is 11.6 Å². The molecule has 0 fully saturated rings. The quantitative estimate of drug-likeness (QED) is 0.303. The molecule has 0 N–H and O–H groups in total. The molecule has 0 heterocycles. The van der Waals surface area contributed by atoms with Crippen LogP contribution in [-0.2, 0) is 33.7 Å². The van der Waals surface area contributed by atoms with Gasteiger partial charge in [0.2, 0.25) is 0 Å². The molecule has 26 heavy (non-hydrogen) atoms. The van der Waals surface area contributed by atoms with Crippen LogP contribution in [0.2, 0.25) is 13.1 Å². The van der Waals surface area contributed by atoms with Gasteiger partial charge in [-0.1, -0.05) is 37.1 Å². The van der Waals surface area contributed by atoms with E-state index in [2.05, 4.69) is 25.2 Å². The van der Waals surface area contributed by atoms with Crippen LogP contribution < -0.4 is 0 Å². The number of halogens is 4. The van der Waals surface area contributed by atoms with E-state index in [0.29, 0.717) is 0 Å². The third-order valence-corrected chi connectivity index (χ3v) is 3.38. The van der Waals surface area contributed by atoms with Gasteiger partial charge in [-0.25, -0.2) is 8.78 Å². The van der Waals surface area contributed by atoms with Crippen LogP contribution in [-0.4, -0.2) is 9.52 Å². The van der Waals surface area contributed by atoms with Gasteiger partial charge in [-0.05, 0) is 0 Å². The van der Waals surface area contributed by atoms with Crippen molar-refractivity contribution in [2.75, 3.05) is 0 Å². The fourth-order valence-corrected chi connectivity index (χ4v) is 2.34. The second-order valence-corrected chi connectivity index (χ2v) is 10.2. The minimum absolute atomic E-state index is 0.112. The van der Waals surface area contributed by atoms with Gasteiger partial charge < -0.3 is 0 Å². The number of rotatable bonds is 0. The van der Waals surface area contributed by atoms with Gasteiger partial charge in [-0.3, -0.25) is 0 Å². The topological polar surface area (TPSA) is 0 Å². The van der Waals surface area contributed by atoms with Gasteiger partial charge in [0.15, 0.2) is 0 Å². The summed E-state index contributed by atoms with van der Waals surface area (Å²) in [5.74, 6) is -0.225.